The predicted molar refractivity (Wildman–Crippen MR) is 91.3 cm³/mol. The molecule has 0 aliphatic heterocycles. The number of hydrogen-bond acceptors (Lipinski definition) is 3. The monoisotopic (exact) mass is 302 g/mol. The highest BCUT2D eigenvalue weighted by Gasteiger charge is 2.09. The number of aromatic hydroxyl groups is 2. The summed E-state index contributed by atoms with van der Waals surface area (Å²) in [5.74, 6) is 1.77. The first-order valence-corrected chi connectivity index (χ1v) is 7.33. The van der Waals surface area contributed by atoms with Crippen LogP contribution in [0.5, 0.6) is 23.0 Å². The van der Waals surface area contributed by atoms with E-state index in [2.05, 4.69) is 0 Å². The van der Waals surface area contributed by atoms with E-state index < -0.39 is 0 Å². The van der Waals surface area contributed by atoms with Crippen molar-refractivity contribution in [3.63, 3.8) is 0 Å². The van der Waals surface area contributed by atoms with Gasteiger partial charge in [0.15, 0.2) is 0 Å². The SMILES string of the molecule is Oc1cccc2c(Oc3cccc4c(O)cccc34)cccc12. The molecule has 0 bridgehead atoms. The van der Waals surface area contributed by atoms with Gasteiger partial charge in [0.1, 0.15) is 23.0 Å². The highest BCUT2D eigenvalue weighted by Crippen LogP contribution is 2.37. The molecule has 4 aromatic carbocycles. The second kappa shape index (κ2) is 5.21. The second-order valence-corrected chi connectivity index (χ2v) is 5.36. The number of fused-ring (bicyclic) bond motifs is 2. The molecule has 0 aromatic heterocycles. The Morgan fingerprint density at radius 3 is 1.35 bits per heavy atom. The Labute approximate surface area is 133 Å². The van der Waals surface area contributed by atoms with E-state index in [1.807, 2.05) is 48.5 Å². The molecule has 23 heavy (non-hydrogen) atoms. The van der Waals surface area contributed by atoms with Crippen LogP contribution in [0.2, 0.25) is 0 Å². The van der Waals surface area contributed by atoms with Gasteiger partial charge in [0.05, 0.1) is 0 Å². The van der Waals surface area contributed by atoms with Crippen LogP contribution in [0.1, 0.15) is 0 Å². The van der Waals surface area contributed by atoms with Gasteiger partial charge in [0, 0.05) is 21.5 Å². The van der Waals surface area contributed by atoms with Gasteiger partial charge in [-0.15, -0.1) is 0 Å². The molecule has 3 nitrogen and oxygen atoms in total. The Hall–Kier alpha value is -3.20. The van der Waals surface area contributed by atoms with E-state index in [1.54, 1.807) is 24.3 Å². The normalized spacial score (nSPS) is 11.0. The van der Waals surface area contributed by atoms with E-state index in [-0.39, 0.29) is 11.5 Å². The average Bonchev–Trinajstić information content (AvgIpc) is 2.57. The third-order valence-electron chi connectivity index (χ3n) is 3.94. The quantitative estimate of drug-likeness (QED) is 0.535. The third-order valence-corrected chi connectivity index (χ3v) is 3.94. The largest absolute Gasteiger partial charge is 0.507 e. The summed E-state index contributed by atoms with van der Waals surface area (Å²) in [4.78, 5) is 0. The fourth-order valence-corrected chi connectivity index (χ4v) is 2.83. The van der Waals surface area contributed by atoms with Crippen LogP contribution in [-0.4, -0.2) is 10.2 Å². The number of benzene rings is 4. The van der Waals surface area contributed by atoms with Crippen LogP contribution in [0, 0.1) is 0 Å². The lowest BCUT2D eigenvalue weighted by atomic mass is 10.1. The van der Waals surface area contributed by atoms with Crippen molar-refractivity contribution >= 4 is 21.5 Å². The molecular weight excluding hydrogens is 288 g/mol. The molecule has 4 aromatic rings. The maximum atomic E-state index is 9.98. The molecule has 0 spiro atoms. The van der Waals surface area contributed by atoms with Gasteiger partial charge in [0.2, 0.25) is 0 Å². The van der Waals surface area contributed by atoms with Crippen LogP contribution < -0.4 is 4.74 Å². The minimum Gasteiger partial charge on any atom is -0.507 e. The number of hydrogen-bond donors (Lipinski definition) is 2. The van der Waals surface area contributed by atoms with Crippen molar-refractivity contribution in [1.82, 2.24) is 0 Å². The summed E-state index contributed by atoms with van der Waals surface area (Å²) in [7, 11) is 0. The molecule has 0 fully saturated rings. The Kier molecular flexibility index (Phi) is 3.05. The van der Waals surface area contributed by atoms with Gasteiger partial charge < -0.3 is 14.9 Å². The first kappa shape index (κ1) is 13.5. The molecule has 0 atom stereocenters. The lowest BCUT2D eigenvalue weighted by Crippen LogP contribution is -1.88. The zero-order chi connectivity index (χ0) is 15.8. The summed E-state index contributed by atoms with van der Waals surface area (Å²) in [5, 5.41) is 23.1. The highest BCUT2D eigenvalue weighted by atomic mass is 16.5. The molecule has 2 N–H and O–H groups in total. The van der Waals surface area contributed by atoms with E-state index in [0.717, 1.165) is 21.5 Å². The molecular formula is C20H14O3. The average molecular weight is 302 g/mol. The fourth-order valence-electron chi connectivity index (χ4n) is 2.83. The van der Waals surface area contributed by atoms with Crippen LogP contribution in [-0.2, 0) is 0 Å². The van der Waals surface area contributed by atoms with Crippen molar-refractivity contribution in [3.8, 4) is 23.0 Å². The van der Waals surface area contributed by atoms with Gasteiger partial charge in [-0.05, 0) is 24.3 Å². The highest BCUT2D eigenvalue weighted by molar-refractivity contribution is 5.95. The lowest BCUT2D eigenvalue weighted by Gasteiger charge is -2.12. The topological polar surface area (TPSA) is 49.7 Å². The van der Waals surface area contributed by atoms with Crippen LogP contribution in [0.15, 0.2) is 72.8 Å². The Morgan fingerprint density at radius 1 is 0.478 bits per heavy atom. The van der Waals surface area contributed by atoms with E-state index in [9.17, 15) is 10.2 Å². The van der Waals surface area contributed by atoms with Crippen molar-refractivity contribution < 1.29 is 14.9 Å². The minimum absolute atomic E-state index is 0.225. The number of ether oxygens (including phenoxy) is 1. The summed E-state index contributed by atoms with van der Waals surface area (Å²) in [6, 6.07) is 21.8. The zero-order valence-corrected chi connectivity index (χ0v) is 12.2. The molecule has 0 aliphatic rings. The van der Waals surface area contributed by atoms with Gasteiger partial charge in [-0.3, -0.25) is 0 Å². The van der Waals surface area contributed by atoms with Crippen molar-refractivity contribution in [2.75, 3.05) is 0 Å². The lowest BCUT2D eigenvalue weighted by molar-refractivity contribution is 0.478. The van der Waals surface area contributed by atoms with Crippen molar-refractivity contribution in [2.24, 2.45) is 0 Å². The molecule has 4 rings (SSSR count). The number of phenolic OH excluding ortho intramolecular Hbond substituents is 2. The maximum absolute atomic E-state index is 9.98. The van der Waals surface area contributed by atoms with Crippen LogP contribution in [0.3, 0.4) is 0 Å². The van der Waals surface area contributed by atoms with Gasteiger partial charge in [0.25, 0.3) is 0 Å². The van der Waals surface area contributed by atoms with Gasteiger partial charge in [-0.2, -0.15) is 0 Å². The molecule has 0 amide bonds. The summed E-state index contributed by atoms with van der Waals surface area (Å²) >= 11 is 0. The molecule has 0 saturated heterocycles. The fraction of sp³-hybridized carbons (Fsp3) is 0. The third kappa shape index (κ3) is 2.23. The van der Waals surface area contributed by atoms with E-state index in [4.69, 9.17) is 4.74 Å². The molecule has 3 heteroatoms. The van der Waals surface area contributed by atoms with Crippen molar-refractivity contribution in [2.45, 2.75) is 0 Å². The molecule has 0 aliphatic carbocycles. The van der Waals surface area contributed by atoms with Gasteiger partial charge in [-0.1, -0.05) is 48.5 Å². The molecule has 0 saturated carbocycles. The van der Waals surface area contributed by atoms with E-state index in [1.165, 1.54) is 0 Å². The zero-order valence-electron chi connectivity index (χ0n) is 12.2. The first-order chi connectivity index (χ1) is 11.2. The minimum atomic E-state index is 0.225. The number of rotatable bonds is 2. The second-order valence-electron chi connectivity index (χ2n) is 5.36. The van der Waals surface area contributed by atoms with Crippen LogP contribution in [0.25, 0.3) is 21.5 Å². The predicted octanol–water partition coefficient (Wildman–Crippen LogP) is 5.20. The molecule has 112 valence electrons. The summed E-state index contributed by atoms with van der Waals surface area (Å²) in [5.41, 5.74) is 0. The van der Waals surface area contributed by atoms with E-state index in [0.29, 0.717) is 11.5 Å². The smallest absolute Gasteiger partial charge is 0.135 e. The summed E-state index contributed by atoms with van der Waals surface area (Å²) < 4.78 is 6.09. The van der Waals surface area contributed by atoms with Crippen LogP contribution in [0.4, 0.5) is 0 Å². The Morgan fingerprint density at radius 2 is 0.870 bits per heavy atom. The van der Waals surface area contributed by atoms with E-state index >= 15 is 0 Å². The molecule has 0 heterocycles. The maximum Gasteiger partial charge on any atom is 0.135 e. The summed E-state index contributed by atoms with van der Waals surface area (Å²) in [6.45, 7) is 0. The summed E-state index contributed by atoms with van der Waals surface area (Å²) in [6.07, 6.45) is 0. The standard InChI is InChI=1S/C20H14O3/c21-17-9-1-7-15-13(17)5-3-11-19(15)23-20-12-4-6-14-16(20)8-2-10-18(14)22/h1-12,21-22H. The van der Waals surface area contributed by atoms with Gasteiger partial charge in [-0.25, -0.2) is 0 Å². The van der Waals surface area contributed by atoms with Crippen molar-refractivity contribution in [1.29, 1.82) is 0 Å². The Bertz CT molecular complexity index is 938. The van der Waals surface area contributed by atoms with Gasteiger partial charge >= 0.3 is 0 Å². The first-order valence-electron chi connectivity index (χ1n) is 7.33. The van der Waals surface area contributed by atoms with Crippen molar-refractivity contribution in [3.05, 3.63) is 72.8 Å². The molecule has 0 radical (unpaired) electrons. The Balaban J connectivity index is 1.89. The number of phenols is 2. The molecule has 0 unspecified atom stereocenters. The van der Waals surface area contributed by atoms with Crippen LogP contribution >= 0.6 is 0 Å².